The maximum Gasteiger partial charge on any atom is 0.335 e. The molecule has 0 aromatic heterocycles. The average Bonchev–Trinajstić information content (AvgIpc) is 2.71. The van der Waals surface area contributed by atoms with Crippen LogP contribution in [-0.4, -0.2) is 58.5 Å². The number of morpholine rings is 1. The summed E-state index contributed by atoms with van der Waals surface area (Å²) in [6.45, 7) is 5.87. The lowest BCUT2D eigenvalue weighted by atomic mass is 10.1. The van der Waals surface area contributed by atoms with Gasteiger partial charge >= 0.3 is 5.97 Å². The average molecular weight is 469 g/mol. The summed E-state index contributed by atoms with van der Waals surface area (Å²) in [5, 5.41) is 9.26. The number of benzene rings is 2. The summed E-state index contributed by atoms with van der Waals surface area (Å²) < 4.78 is 61.0. The summed E-state index contributed by atoms with van der Waals surface area (Å²) in [4.78, 5) is 11.2. The molecule has 9 nitrogen and oxygen atoms in total. The molecule has 2 N–H and O–H groups in total. The van der Waals surface area contributed by atoms with Crippen molar-refractivity contribution in [2.75, 3.05) is 31.0 Å². The van der Waals surface area contributed by atoms with Gasteiger partial charge in [0.05, 0.1) is 34.3 Å². The number of hydrogen-bond donors (Lipinski definition) is 2. The van der Waals surface area contributed by atoms with Crippen molar-refractivity contribution in [1.82, 2.24) is 4.31 Å². The molecular formula is C20H24N2O7S2. The first kappa shape index (κ1) is 23.2. The molecular weight excluding hydrogens is 444 g/mol. The Bertz CT molecular complexity index is 1230. The Hall–Kier alpha value is -2.47. The fraction of sp³-hybridized carbons (Fsp3) is 0.350. The van der Waals surface area contributed by atoms with Crippen LogP contribution >= 0.6 is 0 Å². The number of carboxylic acids is 1. The Morgan fingerprint density at radius 2 is 1.61 bits per heavy atom. The van der Waals surface area contributed by atoms with Gasteiger partial charge < -0.3 is 9.84 Å². The summed E-state index contributed by atoms with van der Waals surface area (Å²) in [6.07, 6.45) is 0. The van der Waals surface area contributed by atoms with Crippen LogP contribution in [-0.2, 0) is 24.8 Å². The monoisotopic (exact) mass is 468 g/mol. The van der Waals surface area contributed by atoms with Crippen LogP contribution in [0.25, 0.3) is 0 Å². The smallest absolute Gasteiger partial charge is 0.335 e. The van der Waals surface area contributed by atoms with Gasteiger partial charge in [0, 0.05) is 13.1 Å². The maximum absolute atomic E-state index is 13.0. The highest BCUT2D eigenvalue weighted by Gasteiger charge is 2.29. The van der Waals surface area contributed by atoms with E-state index in [1.54, 1.807) is 20.8 Å². The van der Waals surface area contributed by atoms with Crippen molar-refractivity contribution in [3.8, 4) is 0 Å². The number of anilines is 1. The van der Waals surface area contributed by atoms with Crippen LogP contribution in [0.2, 0.25) is 0 Å². The molecule has 0 radical (unpaired) electrons. The Morgan fingerprint density at radius 1 is 0.968 bits per heavy atom. The molecule has 0 atom stereocenters. The van der Waals surface area contributed by atoms with Gasteiger partial charge in [0.1, 0.15) is 0 Å². The van der Waals surface area contributed by atoms with Gasteiger partial charge in [0.2, 0.25) is 10.0 Å². The number of hydrogen-bond acceptors (Lipinski definition) is 6. The van der Waals surface area contributed by atoms with Gasteiger partial charge in [-0.05, 0) is 61.7 Å². The minimum atomic E-state index is -4.16. The summed E-state index contributed by atoms with van der Waals surface area (Å²) in [7, 11) is -7.99. The van der Waals surface area contributed by atoms with E-state index in [9.17, 15) is 26.7 Å². The first-order chi connectivity index (χ1) is 14.4. The lowest BCUT2D eigenvalue weighted by Crippen LogP contribution is -2.40. The summed E-state index contributed by atoms with van der Waals surface area (Å²) in [6, 6.07) is 6.76. The fourth-order valence-electron chi connectivity index (χ4n) is 3.31. The van der Waals surface area contributed by atoms with Crippen molar-refractivity contribution in [1.29, 1.82) is 0 Å². The Kier molecular flexibility index (Phi) is 6.42. The molecule has 1 fully saturated rings. The number of nitrogens with zero attached hydrogens (tertiary/aromatic N) is 1. The summed E-state index contributed by atoms with van der Waals surface area (Å²) in [5.74, 6) is -1.24. The molecule has 0 saturated carbocycles. The molecule has 1 aliphatic rings. The number of ether oxygens (including phenoxy) is 1. The number of carboxylic acid groups (broad SMARTS) is 1. The minimum absolute atomic E-state index is 0.00166. The van der Waals surface area contributed by atoms with Gasteiger partial charge in [-0.3, -0.25) is 4.72 Å². The van der Waals surface area contributed by atoms with E-state index in [4.69, 9.17) is 4.74 Å². The third-order valence-corrected chi connectivity index (χ3v) is 8.73. The Labute approximate surface area is 181 Å². The van der Waals surface area contributed by atoms with E-state index in [-0.39, 0.29) is 34.1 Å². The van der Waals surface area contributed by atoms with Crippen LogP contribution < -0.4 is 4.72 Å². The van der Waals surface area contributed by atoms with Gasteiger partial charge in [-0.25, -0.2) is 21.6 Å². The predicted molar refractivity (Wildman–Crippen MR) is 114 cm³/mol. The van der Waals surface area contributed by atoms with E-state index in [0.717, 1.165) is 6.07 Å². The fourth-order valence-corrected chi connectivity index (χ4v) is 6.36. The first-order valence-electron chi connectivity index (χ1n) is 9.49. The van der Waals surface area contributed by atoms with Crippen molar-refractivity contribution in [3.05, 3.63) is 52.6 Å². The van der Waals surface area contributed by atoms with Crippen LogP contribution in [0.15, 0.2) is 40.1 Å². The molecule has 3 rings (SSSR count). The second-order valence-corrected chi connectivity index (χ2v) is 10.9. The molecule has 11 heteroatoms. The molecule has 1 heterocycles. The van der Waals surface area contributed by atoms with Crippen LogP contribution in [0.3, 0.4) is 0 Å². The van der Waals surface area contributed by atoms with Gasteiger partial charge in [0.25, 0.3) is 10.0 Å². The van der Waals surface area contributed by atoms with Crippen molar-refractivity contribution in [2.45, 2.75) is 30.6 Å². The van der Waals surface area contributed by atoms with Crippen LogP contribution in [0, 0.1) is 20.8 Å². The highest BCUT2D eigenvalue weighted by molar-refractivity contribution is 7.92. The Balaban J connectivity index is 2.00. The molecule has 2 aromatic rings. The summed E-state index contributed by atoms with van der Waals surface area (Å²) in [5.41, 5.74) is 1.32. The molecule has 0 unspecified atom stereocenters. The number of carbonyl (C=O) groups is 1. The standard InChI is InChI=1S/C20H24N2O7S2/c1-13-4-5-17(12-18(13)31(27,28)22-6-8-29-9-7-22)21-30(25,26)19-11-16(20(23)24)10-14(2)15(19)3/h4-5,10-12,21H,6-9H2,1-3H3,(H,23,24). The van der Waals surface area contributed by atoms with Crippen molar-refractivity contribution in [2.24, 2.45) is 0 Å². The molecule has 0 aliphatic carbocycles. The van der Waals surface area contributed by atoms with Crippen molar-refractivity contribution >= 4 is 31.7 Å². The zero-order valence-electron chi connectivity index (χ0n) is 17.4. The lowest BCUT2D eigenvalue weighted by molar-refractivity contribution is 0.0696. The van der Waals surface area contributed by atoms with Crippen LogP contribution in [0.5, 0.6) is 0 Å². The molecule has 0 amide bonds. The molecule has 1 aliphatic heterocycles. The maximum atomic E-state index is 13.0. The molecule has 168 valence electrons. The molecule has 0 bridgehead atoms. The zero-order valence-corrected chi connectivity index (χ0v) is 19.0. The van der Waals surface area contributed by atoms with E-state index in [0.29, 0.717) is 29.9 Å². The normalized spacial score (nSPS) is 15.6. The van der Waals surface area contributed by atoms with E-state index in [2.05, 4.69) is 4.72 Å². The number of nitrogens with one attached hydrogen (secondary N) is 1. The summed E-state index contributed by atoms with van der Waals surface area (Å²) >= 11 is 0. The molecule has 2 aromatic carbocycles. The van der Waals surface area contributed by atoms with Gasteiger partial charge in [-0.2, -0.15) is 4.31 Å². The predicted octanol–water partition coefficient (Wildman–Crippen LogP) is 2.13. The number of rotatable bonds is 6. The second kappa shape index (κ2) is 8.58. The largest absolute Gasteiger partial charge is 0.478 e. The topological polar surface area (TPSA) is 130 Å². The Morgan fingerprint density at radius 3 is 2.23 bits per heavy atom. The van der Waals surface area contributed by atoms with Crippen molar-refractivity contribution < 1.29 is 31.5 Å². The molecule has 31 heavy (non-hydrogen) atoms. The minimum Gasteiger partial charge on any atom is -0.478 e. The van der Waals surface area contributed by atoms with Gasteiger partial charge in [-0.1, -0.05) is 6.07 Å². The van der Waals surface area contributed by atoms with Gasteiger partial charge in [-0.15, -0.1) is 0 Å². The van der Waals surface area contributed by atoms with E-state index in [1.807, 2.05) is 0 Å². The third-order valence-electron chi connectivity index (χ3n) is 5.18. The van der Waals surface area contributed by atoms with E-state index >= 15 is 0 Å². The molecule has 0 spiro atoms. The molecule has 1 saturated heterocycles. The lowest BCUT2D eigenvalue weighted by Gasteiger charge is -2.27. The SMILES string of the molecule is Cc1ccc(NS(=O)(=O)c2cc(C(=O)O)cc(C)c2C)cc1S(=O)(=O)N1CCOCC1. The number of aryl methyl sites for hydroxylation is 2. The zero-order chi connectivity index (χ0) is 23.0. The number of aromatic carboxylic acids is 1. The third kappa shape index (κ3) is 4.74. The quantitative estimate of drug-likeness (QED) is 0.664. The van der Waals surface area contributed by atoms with E-state index in [1.165, 1.54) is 28.6 Å². The van der Waals surface area contributed by atoms with E-state index < -0.39 is 26.0 Å². The van der Waals surface area contributed by atoms with Crippen molar-refractivity contribution in [3.63, 3.8) is 0 Å². The first-order valence-corrected chi connectivity index (χ1v) is 12.4. The highest BCUT2D eigenvalue weighted by atomic mass is 32.2. The number of sulfonamides is 2. The second-order valence-electron chi connectivity index (χ2n) is 7.32. The highest BCUT2D eigenvalue weighted by Crippen LogP contribution is 2.28. The van der Waals surface area contributed by atoms with Crippen LogP contribution in [0.1, 0.15) is 27.0 Å². The van der Waals surface area contributed by atoms with Gasteiger partial charge in [0.15, 0.2) is 0 Å². The van der Waals surface area contributed by atoms with Crippen LogP contribution in [0.4, 0.5) is 5.69 Å².